The molecule has 1 rings (SSSR count). The Morgan fingerprint density at radius 2 is 1.78 bits per heavy atom. The average molecular weight is 263 g/mol. The van der Waals surface area contributed by atoms with E-state index in [2.05, 4.69) is 0 Å². The monoisotopic (exact) mass is 263 g/mol. The van der Waals surface area contributed by atoms with Crippen LogP contribution < -0.4 is 10.5 Å². The molecular formula is C12H16F3NO2. The van der Waals surface area contributed by atoms with E-state index in [1.54, 1.807) is 24.3 Å². The Kier molecular flexibility index (Phi) is 5.77. The van der Waals surface area contributed by atoms with Gasteiger partial charge in [-0.25, -0.2) is 0 Å². The molecule has 1 aromatic carbocycles. The maximum absolute atomic E-state index is 11.8. The number of nitrogen functional groups attached to an aromatic ring is 1. The second kappa shape index (κ2) is 7.10. The van der Waals surface area contributed by atoms with Crippen LogP contribution in [0.1, 0.15) is 12.8 Å². The molecular weight excluding hydrogens is 247 g/mol. The third-order valence-electron chi connectivity index (χ3n) is 2.15. The summed E-state index contributed by atoms with van der Waals surface area (Å²) in [6, 6.07) is 7.00. The van der Waals surface area contributed by atoms with Crippen LogP contribution in [0.3, 0.4) is 0 Å². The van der Waals surface area contributed by atoms with Crippen molar-refractivity contribution in [2.24, 2.45) is 0 Å². The molecule has 0 heterocycles. The summed E-state index contributed by atoms with van der Waals surface area (Å²) in [5.41, 5.74) is 6.16. The van der Waals surface area contributed by atoms with Gasteiger partial charge in [-0.1, -0.05) is 12.1 Å². The molecule has 0 spiro atoms. The molecule has 0 unspecified atom stereocenters. The van der Waals surface area contributed by atoms with Crippen LogP contribution in [0.5, 0.6) is 5.75 Å². The molecule has 0 aromatic heterocycles. The van der Waals surface area contributed by atoms with Crippen molar-refractivity contribution in [1.82, 2.24) is 0 Å². The molecule has 0 amide bonds. The van der Waals surface area contributed by atoms with E-state index in [1.165, 1.54) is 0 Å². The number of hydrogen-bond acceptors (Lipinski definition) is 3. The van der Waals surface area contributed by atoms with Crippen LogP contribution in [0.2, 0.25) is 0 Å². The van der Waals surface area contributed by atoms with Crippen LogP contribution in [-0.2, 0) is 4.74 Å². The summed E-state index contributed by atoms with van der Waals surface area (Å²) in [6.45, 7) is 0.583. The maximum atomic E-state index is 11.8. The van der Waals surface area contributed by atoms with Gasteiger partial charge in [-0.3, -0.25) is 0 Å². The van der Waals surface area contributed by atoms with Crippen molar-refractivity contribution >= 4 is 5.69 Å². The second-order valence-corrected chi connectivity index (χ2v) is 3.72. The Morgan fingerprint density at radius 3 is 2.44 bits per heavy atom. The van der Waals surface area contributed by atoms with Crippen molar-refractivity contribution in [2.75, 3.05) is 25.6 Å². The summed E-state index contributed by atoms with van der Waals surface area (Å²) < 4.78 is 45.7. The first-order valence-electron chi connectivity index (χ1n) is 5.61. The summed E-state index contributed by atoms with van der Waals surface area (Å²) in [5, 5.41) is 0. The van der Waals surface area contributed by atoms with E-state index in [9.17, 15) is 13.2 Å². The predicted octanol–water partition coefficient (Wildman–Crippen LogP) is 3.01. The second-order valence-electron chi connectivity index (χ2n) is 3.72. The molecule has 0 saturated carbocycles. The Balaban J connectivity index is 2.04. The van der Waals surface area contributed by atoms with Gasteiger partial charge in [-0.2, -0.15) is 13.2 Å². The minimum atomic E-state index is -4.11. The third kappa shape index (κ3) is 6.34. The van der Waals surface area contributed by atoms with Gasteiger partial charge in [-0.05, 0) is 18.6 Å². The van der Waals surface area contributed by atoms with Crippen LogP contribution in [0.25, 0.3) is 0 Å². The standard InChI is InChI=1S/C12H16F3NO2/c13-12(14,15)6-3-7-17-8-9-18-11-5-2-1-4-10(11)16/h1-2,4-5H,3,6-9,16H2. The van der Waals surface area contributed by atoms with E-state index in [0.29, 0.717) is 11.4 Å². The van der Waals surface area contributed by atoms with Crippen molar-refractivity contribution < 1.29 is 22.6 Å². The quantitative estimate of drug-likeness (QED) is 0.607. The van der Waals surface area contributed by atoms with Crippen LogP contribution >= 0.6 is 0 Å². The minimum Gasteiger partial charge on any atom is -0.489 e. The number of alkyl halides is 3. The molecule has 102 valence electrons. The van der Waals surface area contributed by atoms with E-state index in [0.717, 1.165) is 0 Å². The summed E-state index contributed by atoms with van der Waals surface area (Å²) in [5.74, 6) is 0.552. The average Bonchev–Trinajstić information content (AvgIpc) is 2.28. The minimum absolute atomic E-state index is 0.0308. The molecule has 18 heavy (non-hydrogen) atoms. The van der Waals surface area contributed by atoms with Crippen LogP contribution in [0, 0.1) is 0 Å². The van der Waals surface area contributed by atoms with Crippen LogP contribution in [-0.4, -0.2) is 26.0 Å². The highest BCUT2D eigenvalue weighted by atomic mass is 19.4. The molecule has 0 bridgehead atoms. The van der Waals surface area contributed by atoms with Gasteiger partial charge in [0.1, 0.15) is 12.4 Å². The van der Waals surface area contributed by atoms with Gasteiger partial charge in [0.05, 0.1) is 12.3 Å². The normalized spacial score (nSPS) is 11.5. The number of rotatable bonds is 7. The zero-order valence-corrected chi connectivity index (χ0v) is 9.87. The summed E-state index contributed by atoms with van der Waals surface area (Å²) >= 11 is 0. The molecule has 0 aliphatic rings. The highest BCUT2D eigenvalue weighted by molar-refractivity contribution is 5.51. The first kappa shape index (κ1) is 14.6. The van der Waals surface area contributed by atoms with Crippen molar-refractivity contribution in [3.63, 3.8) is 0 Å². The lowest BCUT2D eigenvalue weighted by Crippen LogP contribution is -2.11. The first-order chi connectivity index (χ1) is 8.49. The molecule has 2 N–H and O–H groups in total. The highest BCUT2D eigenvalue weighted by Gasteiger charge is 2.25. The SMILES string of the molecule is Nc1ccccc1OCCOCCCC(F)(F)F. The molecule has 0 aliphatic heterocycles. The zero-order chi connectivity index (χ0) is 13.4. The highest BCUT2D eigenvalue weighted by Crippen LogP contribution is 2.21. The molecule has 6 heteroatoms. The summed E-state index contributed by atoms with van der Waals surface area (Å²) in [7, 11) is 0. The predicted molar refractivity (Wildman–Crippen MR) is 62.5 cm³/mol. The van der Waals surface area contributed by atoms with E-state index in [-0.39, 0.29) is 26.2 Å². The Hall–Kier alpha value is -1.43. The maximum Gasteiger partial charge on any atom is 0.389 e. The van der Waals surface area contributed by atoms with E-state index < -0.39 is 12.6 Å². The summed E-state index contributed by atoms with van der Waals surface area (Å²) in [6.07, 6.45) is -4.96. The number of para-hydroxylation sites is 2. The molecule has 0 saturated heterocycles. The number of hydrogen-bond donors (Lipinski definition) is 1. The van der Waals surface area contributed by atoms with Crippen molar-refractivity contribution in [3.8, 4) is 5.75 Å². The van der Waals surface area contributed by atoms with Crippen LogP contribution in [0.15, 0.2) is 24.3 Å². The Bertz CT molecular complexity index is 355. The lowest BCUT2D eigenvalue weighted by atomic mass is 10.3. The number of nitrogens with two attached hydrogens (primary N) is 1. The van der Waals surface area contributed by atoms with E-state index >= 15 is 0 Å². The van der Waals surface area contributed by atoms with E-state index in [1.807, 2.05) is 0 Å². The van der Waals surface area contributed by atoms with Crippen LogP contribution in [0.4, 0.5) is 18.9 Å². The lowest BCUT2D eigenvalue weighted by Gasteiger charge is -2.09. The lowest BCUT2D eigenvalue weighted by molar-refractivity contribution is -0.138. The van der Waals surface area contributed by atoms with Gasteiger partial charge in [0, 0.05) is 13.0 Å². The largest absolute Gasteiger partial charge is 0.489 e. The van der Waals surface area contributed by atoms with Gasteiger partial charge in [0.25, 0.3) is 0 Å². The fourth-order valence-corrected chi connectivity index (χ4v) is 1.30. The number of benzene rings is 1. The number of anilines is 1. The summed E-state index contributed by atoms with van der Waals surface area (Å²) in [4.78, 5) is 0. The van der Waals surface area contributed by atoms with Crippen molar-refractivity contribution in [3.05, 3.63) is 24.3 Å². The topological polar surface area (TPSA) is 44.5 Å². The number of ether oxygens (including phenoxy) is 2. The number of halogens is 3. The third-order valence-corrected chi connectivity index (χ3v) is 2.15. The molecule has 3 nitrogen and oxygen atoms in total. The van der Waals surface area contributed by atoms with Gasteiger partial charge in [-0.15, -0.1) is 0 Å². The van der Waals surface area contributed by atoms with Gasteiger partial charge in [0.15, 0.2) is 0 Å². The first-order valence-corrected chi connectivity index (χ1v) is 5.61. The molecule has 1 aromatic rings. The van der Waals surface area contributed by atoms with Gasteiger partial charge in [0.2, 0.25) is 0 Å². The fourth-order valence-electron chi connectivity index (χ4n) is 1.30. The van der Waals surface area contributed by atoms with Gasteiger partial charge < -0.3 is 15.2 Å². The molecule has 0 aliphatic carbocycles. The van der Waals surface area contributed by atoms with Crippen molar-refractivity contribution in [1.29, 1.82) is 0 Å². The Labute approximate surface area is 104 Å². The molecule has 0 fully saturated rings. The Morgan fingerprint density at radius 1 is 1.06 bits per heavy atom. The van der Waals surface area contributed by atoms with Crippen molar-refractivity contribution in [2.45, 2.75) is 19.0 Å². The molecule has 0 radical (unpaired) electrons. The van der Waals surface area contributed by atoms with E-state index in [4.69, 9.17) is 15.2 Å². The smallest absolute Gasteiger partial charge is 0.389 e. The molecule has 0 atom stereocenters. The van der Waals surface area contributed by atoms with Gasteiger partial charge >= 0.3 is 6.18 Å². The zero-order valence-electron chi connectivity index (χ0n) is 9.87. The fraction of sp³-hybridized carbons (Fsp3) is 0.500.